The summed E-state index contributed by atoms with van der Waals surface area (Å²) in [6.07, 6.45) is 6.44. The van der Waals surface area contributed by atoms with Crippen molar-refractivity contribution in [2.24, 2.45) is 0 Å². The lowest BCUT2D eigenvalue weighted by molar-refractivity contribution is -0.109. The third kappa shape index (κ3) is 2.70. The molecular weight excluding hydrogens is 284 g/mol. The number of hydrogen-bond donors (Lipinski definition) is 0. The van der Waals surface area contributed by atoms with Gasteiger partial charge in [0.05, 0.1) is 12.0 Å². The molecule has 0 aromatic heterocycles. The molecule has 126 valence electrons. The van der Waals surface area contributed by atoms with Gasteiger partial charge >= 0.3 is 0 Å². The second-order valence-electron chi connectivity index (χ2n) is 8.78. The van der Waals surface area contributed by atoms with Gasteiger partial charge in [0.15, 0.2) is 0 Å². The van der Waals surface area contributed by atoms with Crippen LogP contribution >= 0.6 is 0 Å². The van der Waals surface area contributed by atoms with Gasteiger partial charge in [0, 0.05) is 5.56 Å². The number of carbonyl (C=O) groups excluding carboxylic acids is 1. The lowest BCUT2D eigenvalue weighted by Crippen LogP contribution is -2.34. The maximum absolute atomic E-state index is 11.7. The van der Waals surface area contributed by atoms with E-state index in [-0.39, 0.29) is 16.2 Å². The van der Waals surface area contributed by atoms with Crippen LogP contribution in [0, 0.1) is 0 Å². The predicted octanol–water partition coefficient (Wildman–Crippen LogP) is 5.05. The third-order valence-corrected chi connectivity index (χ3v) is 5.97. The van der Waals surface area contributed by atoms with Crippen molar-refractivity contribution in [2.75, 3.05) is 6.61 Å². The molecule has 0 unspecified atom stereocenters. The number of hydrogen-bond acceptors (Lipinski definition) is 2. The molecule has 0 heterocycles. The molecular formula is C21H30O2. The van der Waals surface area contributed by atoms with Crippen LogP contribution in [0.4, 0.5) is 0 Å². The van der Waals surface area contributed by atoms with E-state index in [1.807, 2.05) is 0 Å². The molecule has 23 heavy (non-hydrogen) atoms. The highest BCUT2D eigenvalue weighted by atomic mass is 16.5. The van der Waals surface area contributed by atoms with E-state index in [9.17, 15) is 4.79 Å². The minimum absolute atomic E-state index is 0.169. The first-order valence-electron chi connectivity index (χ1n) is 9.04. The summed E-state index contributed by atoms with van der Waals surface area (Å²) in [5, 5.41) is 0. The Kier molecular flexibility index (Phi) is 3.85. The first-order valence-corrected chi connectivity index (χ1v) is 9.04. The highest BCUT2D eigenvalue weighted by Crippen LogP contribution is 2.54. The normalized spacial score (nSPS) is 23.0. The Labute approximate surface area is 140 Å². The summed E-state index contributed by atoms with van der Waals surface area (Å²) in [5.74, 6) is 0.945. The maximum Gasteiger partial charge on any atom is 0.130 e. The fraction of sp³-hybridized carbons (Fsp3) is 0.667. The first kappa shape index (κ1) is 16.5. The van der Waals surface area contributed by atoms with Crippen LogP contribution in [0.2, 0.25) is 0 Å². The number of rotatable bonds is 5. The average molecular weight is 314 g/mol. The zero-order chi connectivity index (χ0) is 16.9. The molecule has 1 aromatic carbocycles. The number of ether oxygens (including phenoxy) is 1. The van der Waals surface area contributed by atoms with Crippen LogP contribution in [0.15, 0.2) is 12.1 Å². The highest BCUT2D eigenvalue weighted by molar-refractivity contribution is 5.75. The molecule has 0 aliphatic heterocycles. The van der Waals surface area contributed by atoms with E-state index in [1.165, 1.54) is 24.0 Å². The number of fused-ring (bicyclic) bond motifs is 1. The first-order chi connectivity index (χ1) is 10.8. The van der Waals surface area contributed by atoms with Crippen LogP contribution in [0.5, 0.6) is 5.75 Å². The van der Waals surface area contributed by atoms with Gasteiger partial charge < -0.3 is 9.53 Å². The zero-order valence-corrected chi connectivity index (χ0v) is 15.3. The Morgan fingerprint density at radius 2 is 1.52 bits per heavy atom. The van der Waals surface area contributed by atoms with E-state index in [0.29, 0.717) is 6.61 Å². The van der Waals surface area contributed by atoms with Gasteiger partial charge in [-0.05, 0) is 60.1 Å². The summed E-state index contributed by atoms with van der Waals surface area (Å²) in [4.78, 5) is 11.7. The Morgan fingerprint density at radius 1 is 0.957 bits per heavy atom. The minimum Gasteiger partial charge on any atom is -0.493 e. The van der Waals surface area contributed by atoms with Crippen LogP contribution in [-0.4, -0.2) is 12.9 Å². The number of aldehydes is 1. The number of carbonyl (C=O) groups is 1. The fourth-order valence-electron chi connectivity index (χ4n) is 3.90. The summed E-state index contributed by atoms with van der Waals surface area (Å²) in [7, 11) is 0. The Balaban J connectivity index is 2.18. The highest BCUT2D eigenvalue weighted by Gasteiger charge is 2.48. The lowest BCUT2D eigenvalue weighted by Gasteiger charge is -2.42. The van der Waals surface area contributed by atoms with Crippen molar-refractivity contribution in [1.82, 2.24) is 0 Å². The fourth-order valence-corrected chi connectivity index (χ4v) is 3.90. The van der Waals surface area contributed by atoms with Crippen molar-refractivity contribution in [3.63, 3.8) is 0 Å². The Hall–Kier alpha value is -1.31. The Bertz CT molecular complexity index is 621. The topological polar surface area (TPSA) is 26.3 Å². The molecule has 3 rings (SSSR count). The van der Waals surface area contributed by atoms with E-state index in [0.717, 1.165) is 36.9 Å². The SMILES string of the molecule is CCCOc1cc2c(cc1C1(C=O)CC1)C(C)(C)CCC2(C)C. The molecule has 2 aliphatic carbocycles. The third-order valence-electron chi connectivity index (χ3n) is 5.97. The molecule has 0 saturated heterocycles. The molecule has 0 atom stereocenters. The molecule has 0 amide bonds. The van der Waals surface area contributed by atoms with Gasteiger partial charge in [-0.1, -0.05) is 40.7 Å². The minimum atomic E-state index is -0.282. The second kappa shape index (κ2) is 5.36. The van der Waals surface area contributed by atoms with Gasteiger partial charge in [0.2, 0.25) is 0 Å². The van der Waals surface area contributed by atoms with Crippen molar-refractivity contribution in [3.8, 4) is 5.75 Å². The average Bonchev–Trinajstić information content (AvgIpc) is 3.30. The molecule has 0 spiro atoms. The maximum atomic E-state index is 11.7. The van der Waals surface area contributed by atoms with E-state index >= 15 is 0 Å². The van der Waals surface area contributed by atoms with Gasteiger partial charge in [0.1, 0.15) is 12.0 Å². The summed E-state index contributed by atoms with van der Waals surface area (Å²) >= 11 is 0. The molecule has 1 saturated carbocycles. The van der Waals surface area contributed by atoms with Crippen molar-refractivity contribution in [3.05, 3.63) is 28.8 Å². The van der Waals surface area contributed by atoms with E-state index in [1.54, 1.807) is 0 Å². The summed E-state index contributed by atoms with van der Waals surface area (Å²) < 4.78 is 6.08. The smallest absolute Gasteiger partial charge is 0.130 e. The largest absolute Gasteiger partial charge is 0.493 e. The van der Waals surface area contributed by atoms with E-state index in [4.69, 9.17) is 4.74 Å². The second-order valence-corrected chi connectivity index (χ2v) is 8.78. The Morgan fingerprint density at radius 3 is 2.00 bits per heavy atom. The van der Waals surface area contributed by atoms with Gasteiger partial charge in [-0.3, -0.25) is 0 Å². The molecule has 1 fully saturated rings. The summed E-state index contributed by atoms with van der Waals surface area (Å²) in [5.41, 5.74) is 4.01. The molecule has 0 radical (unpaired) electrons. The van der Waals surface area contributed by atoms with Crippen LogP contribution in [0.25, 0.3) is 0 Å². The van der Waals surface area contributed by atoms with Gasteiger partial charge in [-0.15, -0.1) is 0 Å². The lowest BCUT2D eigenvalue weighted by atomic mass is 9.62. The van der Waals surface area contributed by atoms with Gasteiger partial charge in [-0.25, -0.2) is 0 Å². The standard InChI is InChI=1S/C21H30O2/c1-6-11-23-18-13-16-15(12-17(18)21(14-22)9-10-21)19(2,3)7-8-20(16,4)5/h12-14H,6-11H2,1-5H3. The number of benzene rings is 1. The summed E-state index contributed by atoms with van der Waals surface area (Å²) in [6, 6.07) is 4.56. The summed E-state index contributed by atoms with van der Waals surface area (Å²) in [6.45, 7) is 12.2. The molecule has 0 bridgehead atoms. The molecule has 2 aliphatic rings. The quantitative estimate of drug-likeness (QED) is 0.710. The van der Waals surface area contributed by atoms with E-state index < -0.39 is 0 Å². The van der Waals surface area contributed by atoms with Crippen molar-refractivity contribution in [2.45, 2.75) is 83.0 Å². The van der Waals surface area contributed by atoms with Crippen molar-refractivity contribution in [1.29, 1.82) is 0 Å². The van der Waals surface area contributed by atoms with Crippen LogP contribution in [0.1, 0.15) is 83.4 Å². The van der Waals surface area contributed by atoms with E-state index in [2.05, 4.69) is 46.8 Å². The van der Waals surface area contributed by atoms with Gasteiger partial charge in [-0.2, -0.15) is 0 Å². The van der Waals surface area contributed by atoms with Crippen LogP contribution in [-0.2, 0) is 21.0 Å². The van der Waals surface area contributed by atoms with Crippen molar-refractivity contribution < 1.29 is 9.53 Å². The molecule has 2 heteroatoms. The van der Waals surface area contributed by atoms with Crippen LogP contribution < -0.4 is 4.74 Å². The monoisotopic (exact) mass is 314 g/mol. The van der Waals surface area contributed by atoms with Crippen molar-refractivity contribution >= 4 is 6.29 Å². The molecule has 1 aromatic rings. The van der Waals surface area contributed by atoms with Crippen LogP contribution in [0.3, 0.4) is 0 Å². The van der Waals surface area contributed by atoms with Gasteiger partial charge in [0.25, 0.3) is 0 Å². The predicted molar refractivity (Wildman–Crippen MR) is 94.5 cm³/mol. The molecule has 2 nitrogen and oxygen atoms in total. The molecule has 0 N–H and O–H groups in total. The zero-order valence-electron chi connectivity index (χ0n) is 15.3.